The van der Waals surface area contributed by atoms with Crippen LogP contribution in [-0.4, -0.2) is 56.9 Å². The molecular formula is C19H32F3IN4O. The molecule has 0 amide bonds. The normalized spacial score (nSPS) is 13.1. The molecule has 1 atom stereocenters. The first-order chi connectivity index (χ1) is 12.8. The average molecular weight is 516 g/mol. The van der Waals surface area contributed by atoms with Gasteiger partial charge in [0, 0.05) is 13.1 Å². The number of benzene rings is 1. The van der Waals surface area contributed by atoms with Gasteiger partial charge in [0.1, 0.15) is 5.75 Å². The van der Waals surface area contributed by atoms with Crippen molar-refractivity contribution in [2.45, 2.75) is 39.4 Å². The third-order valence-corrected chi connectivity index (χ3v) is 4.20. The Labute approximate surface area is 183 Å². The van der Waals surface area contributed by atoms with E-state index in [1.807, 2.05) is 31.2 Å². The zero-order valence-electron chi connectivity index (χ0n) is 17.0. The van der Waals surface area contributed by atoms with Crippen molar-refractivity contribution in [3.05, 3.63) is 29.8 Å². The lowest BCUT2D eigenvalue weighted by molar-refractivity contribution is -0.132. The summed E-state index contributed by atoms with van der Waals surface area (Å²) in [5.74, 6) is 1.16. The maximum atomic E-state index is 12.4. The van der Waals surface area contributed by atoms with E-state index >= 15 is 0 Å². The van der Waals surface area contributed by atoms with Crippen molar-refractivity contribution in [1.29, 1.82) is 0 Å². The minimum absolute atomic E-state index is 0. The van der Waals surface area contributed by atoms with Crippen LogP contribution in [0, 0.1) is 0 Å². The molecule has 28 heavy (non-hydrogen) atoms. The zero-order valence-corrected chi connectivity index (χ0v) is 19.3. The Bertz CT molecular complexity index is 581. The number of guanidine groups is 1. The van der Waals surface area contributed by atoms with Crippen LogP contribution in [0.15, 0.2) is 29.3 Å². The van der Waals surface area contributed by atoms with Crippen molar-refractivity contribution in [3.8, 4) is 5.75 Å². The number of rotatable bonds is 10. The minimum atomic E-state index is -4.19. The Morgan fingerprint density at radius 1 is 1.18 bits per heavy atom. The van der Waals surface area contributed by atoms with Crippen LogP contribution in [0.5, 0.6) is 5.75 Å². The lowest BCUT2D eigenvalue weighted by atomic mass is 10.0. The number of methoxy groups -OCH3 is 1. The molecule has 0 aromatic heterocycles. The molecule has 1 rings (SSSR count). The van der Waals surface area contributed by atoms with Gasteiger partial charge in [-0.15, -0.1) is 24.0 Å². The standard InChI is InChI=1S/C19H31F3N4O.HI/c1-5-23-18(24-12-11-19(20,21)22)25-14-17(26(6-2)7-3)15-9-8-10-16(13-15)27-4;/h8-10,13,17H,5-7,11-12,14H2,1-4H3,(H2,23,24,25);1H. The van der Waals surface area contributed by atoms with Gasteiger partial charge in [-0.05, 0) is 37.7 Å². The summed E-state index contributed by atoms with van der Waals surface area (Å²) >= 11 is 0. The summed E-state index contributed by atoms with van der Waals surface area (Å²) in [6, 6.07) is 7.82. The van der Waals surface area contributed by atoms with Gasteiger partial charge in [0.05, 0.1) is 26.1 Å². The Balaban J connectivity index is 0.00000729. The number of hydrogen-bond donors (Lipinski definition) is 2. The van der Waals surface area contributed by atoms with Gasteiger partial charge < -0.3 is 15.4 Å². The van der Waals surface area contributed by atoms with Crippen molar-refractivity contribution in [3.63, 3.8) is 0 Å². The molecule has 1 aromatic rings. The number of ether oxygens (including phenoxy) is 1. The fraction of sp³-hybridized carbons (Fsp3) is 0.632. The Morgan fingerprint density at radius 2 is 1.86 bits per heavy atom. The highest BCUT2D eigenvalue weighted by molar-refractivity contribution is 14.0. The minimum Gasteiger partial charge on any atom is -0.497 e. The molecule has 0 radical (unpaired) electrons. The van der Waals surface area contributed by atoms with E-state index in [1.165, 1.54) is 0 Å². The van der Waals surface area contributed by atoms with Crippen LogP contribution in [0.1, 0.15) is 38.8 Å². The van der Waals surface area contributed by atoms with Gasteiger partial charge >= 0.3 is 6.18 Å². The number of hydrogen-bond acceptors (Lipinski definition) is 3. The van der Waals surface area contributed by atoms with Gasteiger partial charge in [0.15, 0.2) is 5.96 Å². The highest BCUT2D eigenvalue weighted by Crippen LogP contribution is 2.24. The predicted octanol–water partition coefficient (Wildman–Crippen LogP) is 4.20. The molecule has 0 fully saturated rings. The number of nitrogens with zero attached hydrogens (tertiary/aromatic N) is 2. The molecule has 0 saturated heterocycles. The van der Waals surface area contributed by atoms with Crippen LogP contribution in [0.25, 0.3) is 0 Å². The summed E-state index contributed by atoms with van der Waals surface area (Å²) in [7, 11) is 1.62. The van der Waals surface area contributed by atoms with E-state index in [2.05, 4.69) is 34.4 Å². The van der Waals surface area contributed by atoms with Crippen molar-refractivity contribution in [1.82, 2.24) is 15.5 Å². The highest BCUT2D eigenvalue weighted by Gasteiger charge is 2.26. The number of nitrogens with one attached hydrogen (secondary N) is 2. The van der Waals surface area contributed by atoms with Crippen molar-refractivity contribution >= 4 is 29.9 Å². The van der Waals surface area contributed by atoms with Crippen LogP contribution < -0.4 is 15.4 Å². The summed E-state index contributed by atoms with van der Waals surface area (Å²) in [6.45, 7) is 8.51. The second-order valence-corrected chi connectivity index (χ2v) is 6.03. The summed E-state index contributed by atoms with van der Waals surface area (Å²) in [5.41, 5.74) is 1.06. The molecule has 162 valence electrons. The lowest BCUT2D eigenvalue weighted by Crippen LogP contribution is -2.40. The van der Waals surface area contributed by atoms with Gasteiger partial charge in [0.2, 0.25) is 0 Å². The van der Waals surface area contributed by atoms with Crippen molar-refractivity contribution in [2.75, 3.05) is 39.8 Å². The van der Waals surface area contributed by atoms with E-state index in [4.69, 9.17) is 4.74 Å². The van der Waals surface area contributed by atoms with Gasteiger partial charge in [-0.2, -0.15) is 13.2 Å². The number of alkyl halides is 3. The third kappa shape index (κ3) is 9.81. The first-order valence-corrected chi connectivity index (χ1v) is 9.31. The molecule has 0 saturated carbocycles. The van der Waals surface area contributed by atoms with Crippen LogP contribution in [-0.2, 0) is 0 Å². The van der Waals surface area contributed by atoms with Crippen LogP contribution >= 0.6 is 24.0 Å². The summed E-state index contributed by atoms with van der Waals surface area (Å²) in [6.07, 6.45) is -5.08. The highest BCUT2D eigenvalue weighted by atomic mass is 127. The van der Waals surface area contributed by atoms with Crippen LogP contribution in [0.2, 0.25) is 0 Å². The SMILES string of the molecule is CCNC(=NCC(c1cccc(OC)c1)N(CC)CC)NCCC(F)(F)F.I. The third-order valence-electron chi connectivity index (χ3n) is 4.20. The molecule has 0 aliphatic heterocycles. The smallest absolute Gasteiger partial charge is 0.390 e. The fourth-order valence-corrected chi connectivity index (χ4v) is 2.79. The molecule has 0 bridgehead atoms. The van der Waals surface area contributed by atoms with Crippen molar-refractivity contribution < 1.29 is 17.9 Å². The quantitative estimate of drug-likeness (QED) is 0.278. The Kier molecular flexibility index (Phi) is 13.3. The Morgan fingerprint density at radius 3 is 2.39 bits per heavy atom. The summed E-state index contributed by atoms with van der Waals surface area (Å²) in [4.78, 5) is 6.79. The van der Waals surface area contributed by atoms with Gasteiger partial charge in [-0.1, -0.05) is 26.0 Å². The molecule has 9 heteroatoms. The number of halogens is 4. The van der Waals surface area contributed by atoms with E-state index < -0.39 is 12.6 Å². The molecule has 2 N–H and O–H groups in total. The lowest BCUT2D eigenvalue weighted by Gasteiger charge is -2.29. The van der Waals surface area contributed by atoms with E-state index in [1.54, 1.807) is 7.11 Å². The predicted molar refractivity (Wildman–Crippen MR) is 119 cm³/mol. The van der Waals surface area contributed by atoms with E-state index in [0.717, 1.165) is 24.4 Å². The van der Waals surface area contributed by atoms with E-state index in [9.17, 15) is 13.2 Å². The summed E-state index contributed by atoms with van der Waals surface area (Å²) in [5, 5.41) is 5.76. The second-order valence-electron chi connectivity index (χ2n) is 6.03. The molecule has 5 nitrogen and oxygen atoms in total. The topological polar surface area (TPSA) is 48.9 Å². The molecule has 0 heterocycles. The monoisotopic (exact) mass is 516 g/mol. The maximum absolute atomic E-state index is 12.4. The van der Waals surface area contributed by atoms with Gasteiger partial charge in [-0.25, -0.2) is 0 Å². The van der Waals surface area contributed by atoms with Crippen LogP contribution in [0.3, 0.4) is 0 Å². The molecule has 1 aromatic carbocycles. The van der Waals surface area contributed by atoms with E-state index in [0.29, 0.717) is 19.0 Å². The molecule has 0 aliphatic carbocycles. The molecular weight excluding hydrogens is 484 g/mol. The average Bonchev–Trinajstić information content (AvgIpc) is 2.64. The first kappa shape index (κ1) is 26.8. The maximum Gasteiger partial charge on any atom is 0.390 e. The largest absolute Gasteiger partial charge is 0.497 e. The number of aliphatic imine (C=N–C) groups is 1. The first-order valence-electron chi connectivity index (χ1n) is 9.31. The number of likely N-dealkylation sites (N-methyl/N-ethyl adjacent to an activating group) is 1. The molecule has 0 spiro atoms. The van der Waals surface area contributed by atoms with Gasteiger partial charge in [-0.3, -0.25) is 9.89 Å². The molecule has 1 unspecified atom stereocenters. The zero-order chi connectivity index (χ0) is 20.3. The Hall–Kier alpha value is -1.23. The summed E-state index contributed by atoms with van der Waals surface area (Å²) < 4.78 is 42.4. The fourth-order valence-electron chi connectivity index (χ4n) is 2.79. The van der Waals surface area contributed by atoms with Crippen LogP contribution in [0.4, 0.5) is 13.2 Å². The second kappa shape index (κ2) is 13.9. The van der Waals surface area contributed by atoms with E-state index in [-0.39, 0.29) is 36.6 Å². The van der Waals surface area contributed by atoms with Crippen molar-refractivity contribution in [2.24, 2.45) is 4.99 Å². The van der Waals surface area contributed by atoms with Gasteiger partial charge in [0.25, 0.3) is 0 Å². The molecule has 0 aliphatic rings.